The molecule has 41 valence electrons. The second kappa shape index (κ2) is 4.26. The van der Waals surface area contributed by atoms with Gasteiger partial charge in [-0.15, -0.1) is 0 Å². The topological polar surface area (TPSA) is 33.0 Å². The maximum atomic E-state index is 8.07. The Morgan fingerprint density at radius 1 is 1.71 bits per heavy atom. The van der Waals surface area contributed by atoms with Gasteiger partial charge in [-0.2, -0.15) is 0 Å². The van der Waals surface area contributed by atoms with E-state index in [4.69, 9.17) is 5.00 Å². The van der Waals surface area contributed by atoms with E-state index < -0.39 is 0 Å². The molecule has 0 aromatic heterocycles. The van der Waals surface area contributed by atoms with Crippen LogP contribution in [0.5, 0.6) is 0 Å². The molecule has 0 unspecified atom stereocenters. The first-order valence-electron chi connectivity index (χ1n) is 2.23. The molecule has 0 spiro atoms. The van der Waals surface area contributed by atoms with Crippen LogP contribution in [0.4, 0.5) is 0 Å². The van der Waals surface area contributed by atoms with Gasteiger partial charge in [-0.25, -0.2) is 0 Å². The van der Waals surface area contributed by atoms with E-state index in [0.717, 1.165) is 0 Å². The maximum absolute atomic E-state index is 8.07. The molecular weight excluding hydrogens is 109 g/mol. The first kappa shape index (κ1) is 7.10. The van der Waals surface area contributed by atoms with E-state index in [-0.39, 0.29) is 8.44 Å². The summed E-state index contributed by atoms with van der Waals surface area (Å²) >= 11 is 0. The molecule has 2 nitrogen and oxygen atoms in total. The van der Waals surface area contributed by atoms with E-state index in [1.54, 1.807) is 0 Å². The van der Waals surface area contributed by atoms with Gasteiger partial charge in [0.2, 0.25) is 0 Å². The molecule has 0 saturated heterocycles. The van der Waals surface area contributed by atoms with Crippen LogP contribution in [0.15, 0.2) is 0 Å². The van der Waals surface area contributed by atoms with Gasteiger partial charge in [0.05, 0.1) is 0 Å². The fourth-order valence-corrected chi connectivity index (χ4v) is 0.547. The second-order valence-corrected chi connectivity index (χ2v) is 2.19. The third-order valence-corrected chi connectivity index (χ3v) is 0.730. The van der Waals surface area contributed by atoms with E-state index in [2.05, 4.69) is 4.52 Å². The van der Waals surface area contributed by atoms with Crippen LogP contribution in [0.25, 0.3) is 0 Å². The summed E-state index contributed by atoms with van der Waals surface area (Å²) in [5.41, 5.74) is 0. The van der Waals surface area contributed by atoms with E-state index >= 15 is 0 Å². The van der Waals surface area contributed by atoms with Crippen molar-refractivity contribution in [2.45, 2.75) is 13.8 Å². The monoisotopic (exact) mass is 118 g/mol. The van der Waals surface area contributed by atoms with Crippen LogP contribution >= 0.6 is 8.44 Å². The summed E-state index contributed by atoms with van der Waals surface area (Å²) in [6.45, 7) is 4.70. The van der Waals surface area contributed by atoms with E-state index in [1.807, 2.05) is 13.8 Å². The van der Waals surface area contributed by atoms with Crippen molar-refractivity contribution in [1.82, 2.24) is 0 Å². The summed E-state index contributed by atoms with van der Waals surface area (Å²) in [5.74, 6) is 0.514. The molecule has 0 aliphatic heterocycles. The van der Waals surface area contributed by atoms with Crippen molar-refractivity contribution in [3.63, 3.8) is 0 Å². The van der Waals surface area contributed by atoms with Crippen LogP contribution in [-0.2, 0) is 4.52 Å². The molecule has 3 heteroatoms. The van der Waals surface area contributed by atoms with Gasteiger partial charge in [-0.05, 0) is 0 Å². The molecule has 0 atom stereocenters. The van der Waals surface area contributed by atoms with Gasteiger partial charge in [0.15, 0.2) is 0 Å². The van der Waals surface area contributed by atoms with Gasteiger partial charge in [-0.1, -0.05) is 0 Å². The number of hydrogen-bond acceptors (Lipinski definition) is 2. The van der Waals surface area contributed by atoms with Crippen molar-refractivity contribution in [3.05, 3.63) is 0 Å². The molecule has 0 rings (SSSR count). The molecule has 0 aromatic rings. The molecule has 0 N–H and O–H groups in total. The van der Waals surface area contributed by atoms with Crippen molar-refractivity contribution < 1.29 is 4.52 Å². The summed E-state index contributed by atoms with van der Waals surface area (Å²) in [5, 5.41) is 8.07. The van der Waals surface area contributed by atoms with Gasteiger partial charge >= 0.3 is 44.3 Å². The van der Waals surface area contributed by atoms with Crippen LogP contribution in [-0.4, -0.2) is 6.61 Å². The second-order valence-electron chi connectivity index (χ2n) is 1.77. The Labute approximate surface area is 45.3 Å². The average molecular weight is 118 g/mol. The van der Waals surface area contributed by atoms with Crippen molar-refractivity contribution in [1.29, 1.82) is 5.00 Å². The van der Waals surface area contributed by atoms with E-state index in [0.29, 0.717) is 12.5 Å². The van der Waals surface area contributed by atoms with Crippen LogP contribution in [0.1, 0.15) is 13.8 Å². The van der Waals surface area contributed by atoms with Crippen molar-refractivity contribution in [2.24, 2.45) is 5.92 Å². The normalized spacial score (nSPS) is 9.43. The Hall–Kier alpha value is 0.100. The van der Waals surface area contributed by atoms with Crippen LogP contribution in [0, 0.1) is 10.9 Å². The van der Waals surface area contributed by atoms with Crippen LogP contribution in [0.2, 0.25) is 0 Å². The van der Waals surface area contributed by atoms with Gasteiger partial charge in [0, 0.05) is 0 Å². The fraction of sp³-hybridized carbons (Fsp3) is 1.00. The fourth-order valence-electron chi connectivity index (χ4n) is 0.182. The average Bonchev–Trinajstić information content (AvgIpc) is 1.61. The predicted molar refractivity (Wildman–Crippen MR) is 29.4 cm³/mol. The standard InChI is InChI=1S/C4H9NOP/c1-4(2)3-6-7-5/h4H,3H2,1-2H3. The number of rotatable bonds is 2. The van der Waals surface area contributed by atoms with Gasteiger partial charge in [0.1, 0.15) is 0 Å². The third kappa shape index (κ3) is 6.10. The van der Waals surface area contributed by atoms with Gasteiger partial charge in [-0.3, -0.25) is 0 Å². The quantitative estimate of drug-likeness (QED) is 0.519. The SMILES string of the molecule is CC(C)CO[P]#N. The zero-order chi connectivity index (χ0) is 5.70. The molecule has 0 bridgehead atoms. The molecule has 0 aliphatic carbocycles. The third-order valence-electron chi connectivity index (χ3n) is 0.466. The first-order chi connectivity index (χ1) is 3.27. The molecule has 0 amide bonds. The summed E-state index contributed by atoms with van der Waals surface area (Å²) < 4.78 is 4.62. The Kier molecular flexibility index (Phi) is 4.32. The molecule has 7 heavy (non-hydrogen) atoms. The van der Waals surface area contributed by atoms with Crippen molar-refractivity contribution in [3.8, 4) is 0 Å². The summed E-state index contributed by atoms with van der Waals surface area (Å²) in [6.07, 6.45) is 0. The van der Waals surface area contributed by atoms with Gasteiger partial charge < -0.3 is 0 Å². The Balaban J connectivity index is 2.86. The number of hydrogen-bond donors (Lipinski definition) is 0. The van der Waals surface area contributed by atoms with Crippen molar-refractivity contribution in [2.75, 3.05) is 6.61 Å². The Morgan fingerprint density at radius 3 is 2.43 bits per heavy atom. The molecule has 1 radical (unpaired) electrons. The van der Waals surface area contributed by atoms with Gasteiger partial charge in [0.25, 0.3) is 0 Å². The zero-order valence-corrected chi connectivity index (χ0v) is 5.48. The Bertz CT molecular complexity index is 76.2. The van der Waals surface area contributed by atoms with Crippen LogP contribution in [0.3, 0.4) is 0 Å². The minimum atomic E-state index is 0.0403. The molecular formula is C4H9NOP. The van der Waals surface area contributed by atoms with E-state index in [1.165, 1.54) is 0 Å². The summed E-state index contributed by atoms with van der Waals surface area (Å²) in [4.78, 5) is 0. The van der Waals surface area contributed by atoms with Crippen LogP contribution < -0.4 is 0 Å². The number of nitrogens with zero attached hydrogens (tertiary/aromatic N) is 1. The van der Waals surface area contributed by atoms with E-state index in [9.17, 15) is 0 Å². The summed E-state index contributed by atoms with van der Waals surface area (Å²) in [7, 11) is 0.0403. The summed E-state index contributed by atoms with van der Waals surface area (Å²) in [6, 6.07) is 0. The molecule has 0 aliphatic rings. The molecule has 0 fully saturated rings. The first-order valence-corrected chi connectivity index (χ1v) is 3.00. The predicted octanol–water partition coefficient (Wildman–Crippen LogP) is 2.00. The Morgan fingerprint density at radius 2 is 2.29 bits per heavy atom. The van der Waals surface area contributed by atoms with Crippen molar-refractivity contribution >= 4 is 8.44 Å². The molecule has 0 saturated carbocycles. The molecule has 0 heterocycles. The minimum absolute atomic E-state index is 0.0403. The molecule has 0 aromatic carbocycles. The zero-order valence-electron chi connectivity index (χ0n) is 4.59.